The molecule has 2 heterocycles. The van der Waals surface area contributed by atoms with Crippen molar-refractivity contribution in [3.05, 3.63) is 35.4 Å². The van der Waals surface area contributed by atoms with E-state index in [4.69, 9.17) is 4.74 Å². The summed E-state index contributed by atoms with van der Waals surface area (Å²) in [5.74, 6) is -1.68. The molecule has 4 amide bonds. The molecule has 30 heavy (non-hydrogen) atoms. The monoisotopic (exact) mass is 408 g/mol. The molecule has 2 aliphatic carbocycles. The Kier molecular flexibility index (Phi) is 4.14. The lowest BCUT2D eigenvalue weighted by molar-refractivity contribution is -0.140. The van der Waals surface area contributed by atoms with Gasteiger partial charge in [-0.25, -0.2) is 0 Å². The highest BCUT2D eigenvalue weighted by atomic mass is 16.5. The van der Waals surface area contributed by atoms with E-state index in [1.54, 1.807) is 14.2 Å². The number of hydrogen-bond acceptors (Lipinski definition) is 5. The second-order valence-corrected chi connectivity index (χ2v) is 8.80. The maximum atomic E-state index is 12.9. The Morgan fingerprint density at radius 1 is 0.767 bits per heavy atom. The fourth-order valence-corrected chi connectivity index (χ4v) is 5.98. The molecular formula is C23H24N2O5. The highest BCUT2D eigenvalue weighted by Gasteiger charge is 2.58. The molecule has 0 aromatic heterocycles. The van der Waals surface area contributed by atoms with E-state index < -0.39 is 17.8 Å². The maximum Gasteiger partial charge on any atom is 0.233 e. The third-order valence-electron chi connectivity index (χ3n) is 7.56. The van der Waals surface area contributed by atoms with Gasteiger partial charge in [-0.3, -0.25) is 29.0 Å². The van der Waals surface area contributed by atoms with Gasteiger partial charge in [-0.05, 0) is 48.4 Å². The standard InChI is InChI=1S/C23H24N2O5/c1-24-20(26)16-9-14-13(11-4-6-12(30-3)7-5-11)8-18-19(23(29)25(2)22(18)28)15(14)10-17(16)21(24)27/h4-7,15-19H,8-10H2,1-3H3/t15-,16+,17-,18+,19-/m1/s1. The number of nitrogens with zero attached hydrogens (tertiary/aromatic N) is 2. The van der Waals surface area contributed by atoms with Gasteiger partial charge in [0.25, 0.3) is 0 Å². The van der Waals surface area contributed by atoms with Gasteiger partial charge in [0.1, 0.15) is 5.75 Å². The third kappa shape index (κ3) is 2.44. The summed E-state index contributed by atoms with van der Waals surface area (Å²) in [6.07, 6.45) is 1.40. The Morgan fingerprint density at radius 3 is 2.03 bits per heavy atom. The van der Waals surface area contributed by atoms with E-state index in [1.807, 2.05) is 24.3 Å². The van der Waals surface area contributed by atoms with Gasteiger partial charge in [0.2, 0.25) is 23.6 Å². The van der Waals surface area contributed by atoms with Gasteiger partial charge in [0.05, 0.1) is 30.8 Å². The number of benzene rings is 1. The zero-order chi connectivity index (χ0) is 21.3. The van der Waals surface area contributed by atoms with E-state index >= 15 is 0 Å². The van der Waals surface area contributed by atoms with Crippen molar-refractivity contribution >= 4 is 29.2 Å². The summed E-state index contributed by atoms with van der Waals surface area (Å²) in [7, 11) is 4.68. The fraction of sp³-hybridized carbons (Fsp3) is 0.478. The van der Waals surface area contributed by atoms with Crippen LogP contribution in [0.5, 0.6) is 5.75 Å². The molecule has 1 aromatic carbocycles. The van der Waals surface area contributed by atoms with Crippen LogP contribution in [0.4, 0.5) is 0 Å². The minimum absolute atomic E-state index is 0.141. The summed E-state index contributed by atoms with van der Waals surface area (Å²) in [5.41, 5.74) is 3.08. The molecule has 2 aliphatic heterocycles. The Bertz CT molecular complexity index is 1010. The molecule has 3 fully saturated rings. The predicted octanol–water partition coefficient (Wildman–Crippen LogP) is 1.72. The predicted molar refractivity (Wildman–Crippen MR) is 107 cm³/mol. The number of methoxy groups -OCH3 is 1. The van der Waals surface area contributed by atoms with Crippen molar-refractivity contribution in [2.45, 2.75) is 19.3 Å². The van der Waals surface area contributed by atoms with E-state index in [2.05, 4.69) is 0 Å². The molecule has 5 rings (SSSR count). The number of hydrogen-bond donors (Lipinski definition) is 0. The Morgan fingerprint density at radius 2 is 1.37 bits per heavy atom. The molecule has 0 N–H and O–H groups in total. The van der Waals surface area contributed by atoms with E-state index in [0.717, 1.165) is 22.5 Å². The van der Waals surface area contributed by atoms with Crippen LogP contribution < -0.4 is 4.74 Å². The number of fused-ring (bicyclic) bond motifs is 4. The van der Waals surface area contributed by atoms with Crippen molar-refractivity contribution in [1.29, 1.82) is 0 Å². The van der Waals surface area contributed by atoms with Gasteiger partial charge < -0.3 is 4.74 Å². The molecule has 156 valence electrons. The van der Waals surface area contributed by atoms with Crippen LogP contribution in [0, 0.1) is 29.6 Å². The van der Waals surface area contributed by atoms with E-state index in [9.17, 15) is 19.2 Å². The smallest absolute Gasteiger partial charge is 0.233 e. The molecule has 1 saturated carbocycles. The summed E-state index contributed by atoms with van der Waals surface area (Å²) in [5, 5.41) is 0. The van der Waals surface area contributed by atoms with Gasteiger partial charge in [-0.15, -0.1) is 0 Å². The molecule has 7 heteroatoms. The average Bonchev–Trinajstić information content (AvgIpc) is 3.12. The van der Waals surface area contributed by atoms with E-state index in [0.29, 0.717) is 19.3 Å². The van der Waals surface area contributed by atoms with Crippen molar-refractivity contribution in [3.8, 4) is 5.75 Å². The lowest BCUT2D eigenvalue weighted by Gasteiger charge is -2.41. The van der Waals surface area contributed by atoms with Crippen molar-refractivity contribution in [2.24, 2.45) is 29.6 Å². The molecule has 4 aliphatic rings. The van der Waals surface area contributed by atoms with E-state index in [1.165, 1.54) is 16.8 Å². The SMILES string of the molecule is COc1ccc(C2=C3C[C@@H]4C(=O)N(C)C(=O)[C@@H]4C[C@H]3[C@H]3C(=O)N(C)C(=O)[C@H]3C2)cc1. The topological polar surface area (TPSA) is 84.0 Å². The average molecular weight is 408 g/mol. The second kappa shape index (κ2) is 6.52. The largest absolute Gasteiger partial charge is 0.497 e. The number of imide groups is 2. The number of rotatable bonds is 2. The molecule has 2 saturated heterocycles. The maximum absolute atomic E-state index is 12.9. The summed E-state index contributed by atoms with van der Waals surface area (Å²) >= 11 is 0. The van der Waals surface area contributed by atoms with Crippen LogP contribution in [-0.4, -0.2) is 54.6 Å². The first-order valence-corrected chi connectivity index (χ1v) is 10.3. The molecule has 7 nitrogen and oxygen atoms in total. The van der Waals surface area contributed by atoms with Crippen LogP contribution in [-0.2, 0) is 19.2 Å². The van der Waals surface area contributed by atoms with Crippen LogP contribution in [0.2, 0.25) is 0 Å². The van der Waals surface area contributed by atoms with Crippen LogP contribution in [0.3, 0.4) is 0 Å². The fourth-order valence-electron chi connectivity index (χ4n) is 5.98. The zero-order valence-corrected chi connectivity index (χ0v) is 17.3. The summed E-state index contributed by atoms with van der Waals surface area (Å²) < 4.78 is 5.26. The quantitative estimate of drug-likeness (QED) is 0.696. The van der Waals surface area contributed by atoms with Gasteiger partial charge in [0, 0.05) is 14.1 Å². The zero-order valence-electron chi connectivity index (χ0n) is 17.3. The number of amides is 4. The first-order chi connectivity index (χ1) is 14.3. The second-order valence-electron chi connectivity index (χ2n) is 8.80. The molecule has 0 unspecified atom stereocenters. The van der Waals surface area contributed by atoms with Gasteiger partial charge >= 0.3 is 0 Å². The van der Waals surface area contributed by atoms with Crippen LogP contribution in [0.15, 0.2) is 29.8 Å². The lowest BCUT2D eigenvalue weighted by Crippen LogP contribution is -2.40. The van der Waals surface area contributed by atoms with E-state index in [-0.39, 0.29) is 35.5 Å². The summed E-state index contributed by atoms with van der Waals surface area (Å²) in [6, 6.07) is 7.68. The van der Waals surface area contributed by atoms with Gasteiger partial charge in [0.15, 0.2) is 0 Å². The highest BCUT2D eigenvalue weighted by Crippen LogP contribution is 2.55. The van der Waals surface area contributed by atoms with Gasteiger partial charge in [-0.1, -0.05) is 17.7 Å². The lowest BCUT2D eigenvalue weighted by atomic mass is 9.60. The number of carbonyl (C=O) groups is 4. The van der Waals surface area contributed by atoms with Crippen molar-refractivity contribution in [3.63, 3.8) is 0 Å². The minimum atomic E-state index is -0.436. The molecule has 1 aromatic rings. The first-order valence-electron chi connectivity index (χ1n) is 10.3. The number of ether oxygens (including phenoxy) is 1. The number of likely N-dealkylation sites (tertiary alicyclic amines) is 2. The van der Waals surface area contributed by atoms with Crippen LogP contribution >= 0.6 is 0 Å². The minimum Gasteiger partial charge on any atom is -0.497 e. The van der Waals surface area contributed by atoms with Crippen molar-refractivity contribution in [2.75, 3.05) is 21.2 Å². The van der Waals surface area contributed by atoms with Gasteiger partial charge in [-0.2, -0.15) is 0 Å². The Hall–Kier alpha value is -2.96. The molecular weight excluding hydrogens is 384 g/mol. The summed E-state index contributed by atoms with van der Waals surface area (Å²) in [6.45, 7) is 0. The molecule has 5 atom stereocenters. The third-order valence-corrected chi connectivity index (χ3v) is 7.56. The number of carbonyl (C=O) groups excluding carboxylic acids is 4. The van der Waals surface area contributed by atoms with Crippen molar-refractivity contribution in [1.82, 2.24) is 9.80 Å². The normalized spacial score (nSPS) is 33.1. The molecule has 0 radical (unpaired) electrons. The molecule has 0 bridgehead atoms. The summed E-state index contributed by atoms with van der Waals surface area (Å²) in [4.78, 5) is 53.6. The highest BCUT2D eigenvalue weighted by molar-refractivity contribution is 6.08. The number of allylic oxidation sites excluding steroid dienone is 2. The van der Waals surface area contributed by atoms with Crippen LogP contribution in [0.25, 0.3) is 5.57 Å². The molecule has 0 spiro atoms. The Balaban J connectivity index is 1.63. The van der Waals surface area contributed by atoms with Crippen LogP contribution in [0.1, 0.15) is 24.8 Å². The first kappa shape index (κ1) is 19.0. The Labute approximate surface area is 174 Å². The van der Waals surface area contributed by atoms with Crippen molar-refractivity contribution < 1.29 is 23.9 Å².